The van der Waals surface area contributed by atoms with Crippen LogP contribution in [0.25, 0.3) is 11.1 Å². The first-order valence-electron chi connectivity index (χ1n) is 11.9. The Labute approximate surface area is 214 Å². The Balaban J connectivity index is 1.43. The molecule has 36 heavy (non-hydrogen) atoms. The smallest absolute Gasteiger partial charge is 0.233 e. The number of phenols is 2. The third kappa shape index (κ3) is 4.55. The second kappa shape index (κ2) is 10.1. The SMILES string of the molecule is O=C1[C@H](CC[C@H](O)c2ccc(Cl)cc2)[C@@H](c2ccc(-c3ccccc3O)cc2O)N1c1ccccc1. The summed E-state index contributed by atoms with van der Waals surface area (Å²) in [6.45, 7) is 0. The van der Waals surface area contributed by atoms with Crippen LogP contribution in [0.1, 0.15) is 36.1 Å². The molecule has 3 atom stereocenters. The van der Waals surface area contributed by atoms with Gasteiger partial charge in [0.25, 0.3) is 0 Å². The molecule has 0 aliphatic carbocycles. The lowest BCUT2D eigenvalue weighted by atomic mass is 9.77. The van der Waals surface area contributed by atoms with Gasteiger partial charge in [0.15, 0.2) is 0 Å². The van der Waals surface area contributed by atoms with Crippen molar-refractivity contribution in [2.75, 3.05) is 4.90 Å². The summed E-state index contributed by atoms with van der Waals surface area (Å²) in [5.74, 6) is -0.256. The maximum Gasteiger partial charge on any atom is 0.233 e. The third-order valence-electron chi connectivity index (χ3n) is 6.82. The molecule has 0 unspecified atom stereocenters. The van der Waals surface area contributed by atoms with Gasteiger partial charge in [0.05, 0.1) is 18.1 Å². The van der Waals surface area contributed by atoms with Crippen molar-refractivity contribution in [3.05, 3.63) is 113 Å². The highest BCUT2D eigenvalue weighted by molar-refractivity contribution is 6.30. The van der Waals surface area contributed by atoms with Crippen molar-refractivity contribution < 1.29 is 20.1 Å². The monoisotopic (exact) mass is 499 g/mol. The number of nitrogens with zero attached hydrogens (tertiary/aromatic N) is 1. The molecule has 1 aliphatic rings. The lowest BCUT2D eigenvalue weighted by Crippen LogP contribution is -2.55. The molecule has 0 radical (unpaired) electrons. The van der Waals surface area contributed by atoms with Crippen LogP contribution in [-0.4, -0.2) is 21.2 Å². The molecule has 1 aliphatic heterocycles. The van der Waals surface area contributed by atoms with E-state index < -0.39 is 12.0 Å². The van der Waals surface area contributed by atoms with Gasteiger partial charge in [0, 0.05) is 21.8 Å². The van der Waals surface area contributed by atoms with Crippen molar-refractivity contribution >= 4 is 23.2 Å². The number of aliphatic hydroxyl groups excluding tert-OH is 1. The van der Waals surface area contributed by atoms with Gasteiger partial charge in [0.1, 0.15) is 11.5 Å². The van der Waals surface area contributed by atoms with E-state index in [0.717, 1.165) is 11.3 Å². The number of β-lactam (4-membered cyclic amide) rings is 1. The van der Waals surface area contributed by atoms with Crippen LogP contribution in [0.15, 0.2) is 97.1 Å². The number of aliphatic hydroxyl groups is 1. The van der Waals surface area contributed by atoms with Gasteiger partial charge in [-0.1, -0.05) is 72.3 Å². The molecule has 1 amide bonds. The number of para-hydroxylation sites is 2. The summed E-state index contributed by atoms with van der Waals surface area (Å²) in [6.07, 6.45) is 0.129. The maximum absolute atomic E-state index is 13.3. The molecule has 1 heterocycles. The molecule has 3 N–H and O–H groups in total. The molecule has 4 aromatic rings. The molecule has 5 rings (SSSR count). The summed E-state index contributed by atoms with van der Waals surface area (Å²) >= 11 is 5.96. The van der Waals surface area contributed by atoms with Crippen LogP contribution >= 0.6 is 11.6 Å². The average molecular weight is 500 g/mol. The zero-order chi connectivity index (χ0) is 25.2. The van der Waals surface area contributed by atoms with Crippen molar-refractivity contribution in [1.29, 1.82) is 0 Å². The fraction of sp³-hybridized carbons (Fsp3) is 0.167. The number of aromatic hydroxyl groups is 2. The summed E-state index contributed by atoms with van der Waals surface area (Å²) in [5, 5.41) is 32.6. The Morgan fingerprint density at radius 2 is 1.53 bits per heavy atom. The van der Waals surface area contributed by atoms with Gasteiger partial charge in [-0.2, -0.15) is 0 Å². The van der Waals surface area contributed by atoms with Crippen molar-refractivity contribution in [2.45, 2.75) is 25.0 Å². The summed E-state index contributed by atoms with van der Waals surface area (Å²) < 4.78 is 0. The highest BCUT2D eigenvalue weighted by atomic mass is 35.5. The molecule has 1 saturated heterocycles. The van der Waals surface area contributed by atoms with Crippen LogP contribution in [-0.2, 0) is 4.79 Å². The number of carbonyl (C=O) groups excluding carboxylic acids is 1. The van der Waals surface area contributed by atoms with Gasteiger partial charge in [-0.05, 0) is 60.4 Å². The zero-order valence-electron chi connectivity index (χ0n) is 19.5. The molecule has 1 fully saturated rings. The number of rotatable bonds is 7. The minimum absolute atomic E-state index is 0.0429. The fourth-order valence-electron chi connectivity index (χ4n) is 4.93. The van der Waals surface area contributed by atoms with E-state index in [1.807, 2.05) is 48.5 Å². The predicted octanol–water partition coefficient (Wildman–Crippen LogP) is 6.64. The molecular formula is C30H26ClNO4. The highest BCUT2D eigenvalue weighted by Crippen LogP contribution is 2.49. The largest absolute Gasteiger partial charge is 0.508 e. The maximum atomic E-state index is 13.3. The van der Waals surface area contributed by atoms with Gasteiger partial charge in [0.2, 0.25) is 5.91 Å². The lowest BCUT2D eigenvalue weighted by molar-refractivity contribution is -0.131. The Morgan fingerprint density at radius 3 is 2.22 bits per heavy atom. The Morgan fingerprint density at radius 1 is 0.833 bits per heavy atom. The van der Waals surface area contributed by atoms with Crippen molar-refractivity contribution in [1.82, 2.24) is 0 Å². The molecule has 0 spiro atoms. The minimum atomic E-state index is -0.724. The first-order chi connectivity index (χ1) is 17.4. The van der Waals surface area contributed by atoms with Gasteiger partial charge >= 0.3 is 0 Å². The van der Waals surface area contributed by atoms with Crippen LogP contribution in [0.3, 0.4) is 0 Å². The number of carbonyl (C=O) groups is 1. The number of benzene rings is 4. The number of amides is 1. The summed E-state index contributed by atoms with van der Waals surface area (Å²) in [5.41, 5.74) is 3.43. The van der Waals surface area contributed by atoms with E-state index in [0.29, 0.717) is 34.6 Å². The number of hydrogen-bond donors (Lipinski definition) is 3. The molecule has 4 aromatic carbocycles. The Kier molecular flexibility index (Phi) is 6.68. The summed E-state index contributed by atoms with van der Waals surface area (Å²) in [7, 11) is 0. The number of phenolic OH excluding ortho intramolecular Hbond substituents is 2. The van der Waals surface area contributed by atoms with Crippen molar-refractivity contribution in [2.24, 2.45) is 5.92 Å². The summed E-state index contributed by atoms with van der Waals surface area (Å²) in [4.78, 5) is 15.0. The zero-order valence-corrected chi connectivity index (χ0v) is 20.2. The van der Waals surface area contributed by atoms with Crippen molar-refractivity contribution in [3.63, 3.8) is 0 Å². The Bertz CT molecular complexity index is 1370. The first-order valence-corrected chi connectivity index (χ1v) is 12.2. The van der Waals surface area contributed by atoms with Crippen LogP contribution in [0, 0.1) is 5.92 Å². The van der Waals surface area contributed by atoms with Gasteiger partial charge in [-0.3, -0.25) is 4.79 Å². The molecular weight excluding hydrogens is 474 g/mol. The van der Waals surface area contributed by atoms with Gasteiger partial charge < -0.3 is 20.2 Å². The molecule has 182 valence electrons. The molecule has 5 nitrogen and oxygen atoms in total. The van der Waals surface area contributed by atoms with Crippen LogP contribution < -0.4 is 4.90 Å². The van der Waals surface area contributed by atoms with E-state index in [4.69, 9.17) is 11.6 Å². The van der Waals surface area contributed by atoms with E-state index in [2.05, 4.69) is 0 Å². The predicted molar refractivity (Wildman–Crippen MR) is 141 cm³/mol. The summed E-state index contributed by atoms with van der Waals surface area (Å²) in [6, 6.07) is 28.3. The molecule has 0 aromatic heterocycles. The van der Waals surface area contributed by atoms with Crippen LogP contribution in [0.5, 0.6) is 11.5 Å². The normalized spacial score (nSPS) is 18.1. The first kappa shape index (κ1) is 23.9. The minimum Gasteiger partial charge on any atom is -0.508 e. The standard InChI is InChI=1S/C30H26ClNO4/c31-21-13-10-19(11-14-21)26(33)17-16-25-29(32(30(25)36)22-6-2-1-3-7-22)24-15-12-20(18-28(24)35)23-8-4-5-9-27(23)34/h1-15,18,25-26,29,33-35H,16-17H2/t25-,26+,29-/m1/s1. The number of halogens is 1. The van der Waals surface area contributed by atoms with Crippen molar-refractivity contribution in [3.8, 4) is 22.6 Å². The average Bonchev–Trinajstić information content (AvgIpc) is 2.89. The van der Waals surface area contributed by atoms with E-state index in [1.165, 1.54) is 0 Å². The number of anilines is 1. The van der Waals surface area contributed by atoms with E-state index in [-0.39, 0.29) is 23.4 Å². The molecule has 0 bridgehead atoms. The van der Waals surface area contributed by atoms with Crippen LogP contribution in [0.4, 0.5) is 5.69 Å². The third-order valence-corrected chi connectivity index (χ3v) is 7.07. The lowest BCUT2D eigenvalue weighted by Gasteiger charge is -2.48. The fourth-order valence-corrected chi connectivity index (χ4v) is 5.06. The van der Waals surface area contributed by atoms with Crippen LogP contribution in [0.2, 0.25) is 5.02 Å². The van der Waals surface area contributed by atoms with Gasteiger partial charge in [-0.15, -0.1) is 0 Å². The second-order valence-corrected chi connectivity index (χ2v) is 9.47. The van der Waals surface area contributed by atoms with Gasteiger partial charge in [-0.25, -0.2) is 0 Å². The van der Waals surface area contributed by atoms with E-state index >= 15 is 0 Å². The topological polar surface area (TPSA) is 81.0 Å². The number of hydrogen-bond acceptors (Lipinski definition) is 4. The Hall–Kier alpha value is -3.80. The van der Waals surface area contributed by atoms with E-state index in [1.54, 1.807) is 53.4 Å². The molecule has 0 saturated carbocycles. The second-order valence-electron chi connectivity index (χ2n) is 9.03. The quantitative estimate of drug-likeness (QED) is 0.249. The molecule has 6 heteroatoms. The van der Waals surface area contributed by atoms with E-state index in [9.17, 15) is 20.1 Å². The highest BCUT2D eigenvalue weighted by Gasteiger charge is 2.49.